The zero-order valence-electron chi connectivity index (χ0n) is 19.4. The summed E-state index contributed by atoms with van der Waals surface area (Å²) in [5.74, 6) is 0.916. The van der Waals surface area contributed by atoms with Crippen molar-refractivity contribution in [1.82, 2.24) is 15.5 Å². The molecular formula is C25H43N3O. The molecule has 1 saturated heterocycles. The number of unbranched alkanes of at least 4 members (excludes halogenated alkanes) is 1. The summed E-state index contributed by atoms with van der Waals surface area (Å²) in [6, 6.07) is 9.72. The molecule has 0 aliphatic carbocycles. The Kier molecular flexibility index (Phi) is 9.64. The Labute approximate surface area is 178 Å². The quantitative estimate of drug-likeness (QED) is 0.579. The normalized spacial score (nSPS) is 17.8. The van der Waals surface area contributed by atoms with Gasteiger partial charge in [-0.3, -0.25) is 4.79 Å². The molecule has 4 nitrogen and oxygen atoms in total. The van der Waals surface area contributed by atoms with Gasteiger partial charge in [-0.25, -0.2) is 0 Å². The first-order valence-electron chi connectivity index (χ1n) is 11.6. The zero-order chi connectivity index (χ0) is 21.3. The molecule has 2 N–H and O–H groups in total. The van der Waals surface area contributed by atoms with Gasteiger partial charge in [0, 0.05) is 38.6 Å². The first-order chi connectivity index (χ1) is 13.8. The van der Waals surface area contributed by atoms with Crippen LogP contribution >= 0.6 is 0 Å². The van der Waals surface area contributed by atoms with Crippen molar-refractivity contribution < 1.29 is 4.79 Å². The molecule has 1 aromatic carbocycles. The fourth-order valence-electron chi connectivity index (χ4n) is 4.17. The molecule has 2 unspecified atom stereocenters. The fraction of sp³-hybridized carbons (Fsp3) is 0.720. The Bertz CT molecular complexity index is 605. The van der Waals surface area contributed by atoms with Gasteiger partial charge >= 0.3 is 0 Å². The van der Waals surface area contributed by atoms with Crippen molar-refractivity contribution >= 4 is 5.91 Å². The fourth-order valence-corrected chi connectivity index (χ4v) is 4.17. The minimum absolute atomic E-state index is 0.214. The van der Waals surface area contributed by atoms with E-state index in [1.165, 1.54) is 11.1 Å². The maximum atomic E-state index is 12.0. The van der Waals surface area contributed by atoms with E-state index in [1.54, 1.807) is 0 Å². The van der Waals surface area contributed by atoms with Gasteiger partial charge < -0.3 is 15.5 Å². The van der Waals surface area contributed by atoms with E-state index in [1.807, 2.05) is 4.90 Å². The highest BCUT2D eigenvalue weighted by molar-refractivity contribution is 5.76. The molecule has 0 radical (unpaired) electrons. The Hall–Kier alpha value is -1.39. The van der Waals surface area contributed by atoms with Gasteiger partial charge in [-0.2, -0.15) is 0 Å². The number of benzene rings is 1. The van der Waals surface area contributed by atoms with E-state index in [2.05, 4.69) is 69.5 Å². The van der Waals surface area contributed by atoms with E-state index in [0.717, 1.165) is 58.4 Å². The van der Waals surface area contributed by atoms with E-state index in [9.17, 15) is 4.79 Å². The number of carbonyl (C=O) groups is 1. The third kappa shape index (κ3) is 8.10. The average Bonchev–Trinajstić information content (AvgIpc) is 2.88. The summed E-state index contributed by atoms with van der Waals surface area (Å²) < 4.78 is 0. The third-order valence-corrected chi connectivity index (χ3v) is 6.19. The number of nitrogens with zero attached hydrogens (tertiary/aromatic N) is 1. The molecule has 1 fully saturated rings. The van der Waals surface area contributed by atoms with Gasteiger partial charge in [-0.05, 0) is 54.7 Å². The van der Waals surface area contributed by atoms with E-state index < -0.39 is 0 Å². The Balaban J connectivity index is 1.71. The first-order valence-corrected chi connectivity index (χ1v) is 11.6. The third-order valence-electron chi connectivity index (χ3n) is 6.19. The lowest BCUT2D eigenvalue weighted by Gasteiger charge is -2.25. The molecule has 1 aliphatic rings. The van der Waals surface area contributed by atoms with Gasteiger partial charge in [0.15, 0.2) is 0 Å². The number of amides is 1. The second kappa shape index (κ2) is 11.7. The van der Waals surface area contributed by atoms with Gasteiger partial charge in [-0.15, -0.1) is 0 Å². The van der Waals surface area contributed by atoms with Crippen molar-refractivity contribution in [1.29, 1.82) is 0 Å². The molecule has 29 heavy (non-hydrogen) atoms. The number of carbonyl (C=O) groups excluding carboxylic acids is 1. The minimum atomic E-state index is 0.214. The molecular weight excluding hydrogens is 358 g/mol. The van der Waals surface area contributed by atoms with Crippen LogP contribution in [0.4, 0.5) is 0 Å². The molecule has 2 rings (SSSR count). The predicted octanol–water partition coefficient (Wildman–Crippen LogP) is 4.13. The van der Waals surface area contributed by atoms with Crippen molar-refractivity contribution in [2.24, 2.45) is 5.92 Å². The van der Waals surface area contributed by atoms with Crippen LogP contribution in [-0.4, -0.2) is 49.6 Å². The Morgan fingerprint density at radius 1 is 1.14 bits per heavy atom. The summed E-state index contributed by atoms with van der Waals surface area (Å²) in [5.41, 5.74) is 3.04. The lowest BCUT2D eigenvalue weighted by atomic mass is 9.85. The molecule has 1 aliphatic heterocycles. The second-order valence-corrected chi connectivity index (χ2v) is 9.69. The first kappa shape index (κ1) is 23.9. The van der Waals surface area contributed by atoms with Crippen molar-refractivity contribution in [2.45, 2.75) is 78.2 Å². The summed E-state index contributed by atoms with van der Waals surface area (Å²) in [5, 5.41) is 7.07. The smallest absolute Gasteiger partial charge is 0.223 e. The Morgan fingerprint density at radius 2 is 1.86 bits per heavy atom. The van der Waals surface area contributed by atoms with E-state index >= 15 is 0 Å². The molecule has 1 aromatic rings. The van der Waals surface area contributed by atoms with Crippen LogP contribution in [0.2, 0.25) is 0 Å². The van der Waals surface area contributed by atoms with E-state index in [0.29, 0.717) is 24.3 Å². The average molecular weight is 402 g/mol. The lowest BCUT2D eigenvalue weighted by molar-refractivity contribution is -0.130. The van der Waals surface area contributed by atoms with Crippen LogP contribution in [0.3, 0.4) is 0 Å². The minimum Gasteiger partial charge on any atom is -0.341 e. The second-order valence-electron chi connectivity index (χ2n) is 9.69. The molecule has 0 bridgehead atoms. The van der Waals surface area contributed by atoms with Crippen LogP contribution in [0.15, 0.2) is 24.3 Å². The summed E-state index contributed by atoms with van der Waals surface area (Å²) in [4.78, 5) is 14.1. The largest absolute Gasteiger partial charge is 0.341 e. The molecule has 164 valence electrons. The molecule has 2 atom stereocenters. The van der Waals surface area contributed by atoms with Gasteiger partial charge in [-0.1, -0.05) is 58.9 Å². The van der Waals surface area contributed by atoms with E-state index in [4.69, 9.17) is 0 Å². The molecule has 0 spiro atoms. The highest BCUT2D eigenvalue weighted by Gasteiger charge is 2.18. The van der Waals surface area contributed by atoms with Crippen molar-refractivity contribution in [2.75, 3.05) is 32.7 Å². The van der Waals surface area contributed by atoms with Gasteiger partial charge in [0.1, 0.15) is 0 Å². The van der Waals surface area contributed by atoms with Crippen LogP contribution < -0.4 is 10.6 Å². The Morgan fingerprint density at radius 3 is 2.52 bits per heavy atom. The van der Waals surface area contributed by atoms with Crippen LogP contribution in [-0.2, 0) is 16.6 Å². The molecule has 1 heterocycles. The van der Waals surface area contributed by atoms with Crippen LogP contribution in [0.5, 0.6) is 0 Å². The molecule has 1 amide bonds. The van der Waals surface area contributed by atoms with Gasteiger partial charge in [0.25, 0.3) is 0 Å². The van der Waals surface area contributed by atoms with Crippen molar-refractivity contribution in [3.8, 4) is 0 Å². The summed E-state index contributed by atoms with van der Waals surface area (Å²) >= 11 is 0. The van der Waals surface area contributed by atoms with Crippen molar-refractivity contribution in [3.63, 3.8) is 0 Å². The number of rotatable bonds is 10. The van der Waals surface area contributed by atoms with Crippen molar-refractivity contribution in [3.05, 3.63) is 35.4 Å². The summed E-state index contributed by atoms with van der Waals surface area (Å²) in [6.07, 6.45) is 5.12. The molecule has 0 aromatic heterocycles. The predicted molar refractivity (Wildman–Crippen MR) is 123 cm³/mol. The highest BCUT2D eigenvalue weighted by atomic mass is 16.2. The summed E-state index contributed by atoms with van der Waals surface area (Å²) in [7, 11) is 0. The topological polar surface area (TPSA) is 44.4 Å². The molecule has 0 saturated carbocycles. The maximum absolute atomic E-state index is 12.0. The number of hydrogen-bond donors (Lipinski definition) is 2. The maximum Gasteiger partial charge on any atom is 0.223 e. The number of hydrogen-bond acceptors (Lipinski definition) is 3. The van der Waals surface area contributed by atoms with Gasteiger partial charge in [0.05, 0.1) is 0 Å². The monoisotopic (exact) mass is 401 g/mol. The van der Waals surface area contributed by atoms with E-state index in [-0.39, 0.29) is 5.41 Å². The number of nitrogens with one attached hydrogen (secondary N) is 2. The summed E-state index contributed by atoms with van der Waals surface area (Å²) in [6.45, 7) is 16.0. The SMILES string of the molecule is CCC(NCCCCN1CCNCCC1=O)C(C)Cc1ccc(C(C)(C)C)cc1. The standard InChI is InChI=1S/C25H43N3O/c1-6-23(20(2)19-21-9-11-22(12-10-21)25(3,4)5)27-14-7-8-17-28-18-16-26-15-13-24(28)29/h9-12,20,23,26-27H,6-8,13-19H2,1-5H3. The van der Waals surface area contributed by atoms with Gasteiger partial charge in [0.2, 0.25) is 5.91 Å². The highest BCUT2D eigenvalue weighted by Crippen LogP contribution is 2.23. The lowest BCUT2D eigenvalue weighted by Crippen LogP contribution is -2.37. The van der Waals surface area contributed by atoms with Crippen LogP contribution in [0.25, 0.3) is 0 Å². The van der Waals surface area contributed by atoms with Crippen LogP contribution in [0, 0.1) is 5.92 Å². The zero-order valence-corrected chi connectivity index (χ0v) is 19.4. The molecule has 4 heteroatoms. The van der Waals surface area contributed by atoms with Crippen LogP contribution in [0.1, 0.15) is 71.4 Å².